The first kappa shape index (κ1) is 14.8. The minimum atomic E-state index is -0.232. The van der Waals surface area contributed by atoms with E-state index in [2.05, 4.69) is 11.2 Å². The van der Waals surface area contributed by atoms with Gasteiger partial charge in [-0.25, -0.2) is 4.68 Å². The van der Waals surface area contributed by atoms with Crippen LogP contribution in [0, 0.1) is 13.8 Å². The van der Waals surface area contributed by atoms with Crippen LogP contribution in [0.2, 0.25) is 5.15 Å². The van der Waals surface area contributed by atoms with Crippen LogP contribution in [0.4, 0.5) is 0 Å². The summed E-state index contributed by atoms with van der Waals surface area (Å²) < 4.78 is 1.64. The Morgan fingerprint density at radius 1 is 1.15 bits per heavy atom. The van der Waals surface area contributed by atoms with Crippen molar-refractivity contribution in [3.05, 3.63) is 45.7 Å². The summed E-state index contributed by atoms with van der Waals surface area (Å²) in [6, 6.07) is 6.10. The molecule has 1 aromatic heterocycles. The maximum Gasteiger partial charge on any atom is 0.155 e. The number of carbonyl (C=O) groups excluding carboxylic acids is 1. The molecular formula is C16H19ClN2O. The summed E-state index contributed by atoms with van der Waals surface area (Å²) >= 11 is 6.34. The Bertz CT molecular complexity index is 646. The third-order valence-corrected chi connectivity index (χ3v) is 3.51. The summed E-state index contributed by atoms with van der Waals surface area (Å²) in [6.07, 6.45) is 0.787. The molecule has 0 spiro atoms. The Hall–Kier alpha value is -1.61. The van der Waals surface area contributed by atoms with Gasteiger partial charge in [-0.15, -0.1) is 0 Å². The summed E-state index contributed by atoms with van der Waals surface area (Å²) in [5, 5.41) is 4.93. The highest BCUT2D eigenvalue weighted by Gasteiger charge is 2.26. The van der Waals surface area contributed by atoms with Gasteiger partial charge in [0.25, 0.3) is 0 Å². The van der Waals surface area contributed by atoms with E-state index in [4.69, 9.17) is 11.6 Å². The Labute approximate surface area is 124 Å². The summed E-state index contributed by atoms with van der Waals surface area (Å²) in [7, 11) is 0. The number of aldehydes is 1. The molecule has 0 amide bonds. The SMILES string of the molecule is Cc1cc(C)cc(-n2nc(C(C)(C)C)c(C=O)c2Cl)c1. The van der Waals surface area contributed by atoms with Crippen LogP contribution in [-0.2, 0) is 5.41 Å². The second kappa shape index (κ2) is 5.06. The molecule has 1 aromatic carbocycles. The molecule has 0 bridgehead atoms. The summed E-state index contributed by atoms with van der Waals surface area (Å²) in [4.78, 5) is 11.3. The first-order chi connectivity index (χ1) is 9.24. The second-order valence-corrected chi connectivity index (χ2v) is 6.54. The fourth-order valence-electron chi connectivity index (χ4n) is 2.31. The van der Waals surface area contributed by atoms with Gasteiger partial charge in [-0.05, 0) is 37.1 Å². The third kappa shape index (κ3) is 2.63. The van der Waals surface area contributed by atoms with E-state index < -0.39 is 0 Å². The molecule has 0 aliphatic carbocycles. The first-order valence-electron chi connectivity index (χ1n) is 6.57. The lowest BCUT2D eigenvalue weighted by atomic mass is 9.90. The van der Waals surface area contributed by atoms with Crippen molar-refractivity contribution in [2.75, 3.05) is 0 Å². The lowest BCUT2D eigenvalue weighted by Gasteiger charge is -2.15. The molecule has 2 aromatic rings. The molecule has 3 nitrogen and oxygen atoms in total. The standard InChI is InChI=1S/C16H19ClN2O/c1-10-6-11(2)8-12(7-10)19-15(17)13(9-20)14(18-19)16(3,4)5/h6-9H,1-5H3. The number of carbonyl (C=O) groups is 1. The predicted octanol–water partition coefficient (Wildman–Crippen LogP) is 4.25. The zero-order valence-electron chi connectivity index (χ0n) is 12.5. The molecule has 4 heteroatoms. The van der Waals surface area contributed by atoms with E-state index in [9.17, 15) is 4.79 Å². The van der Waals surface area contributed by atoms with Crippen LogP contribution in [0.1, 0.15) is 48.0 Å². The third-order valence-electron chi connectivity index (χ3n) is 3.14. The highest BCUT2D eigenvalue weighted by Crippen LogP contribution is 2.30. The van der Waals surface area contributed by atoms with Crippen molar-refractivity contribution in [1.29, 1.82) is 0 Å². The van der Waals surface area contributed by atoms with Gasteiger partial charge >= 0.3 is 0 Å². The molecule has 2 rings (SSSR count). The van der Waals surface area contributed by atoms with Crippen molar-refractivity contribution in [2.45, 2.75) is 40.0 Å². The average Bonchev–Trinajstić information content (AvgIpc) is 2.64. The number of nitrogens with zero attached hydrogens (tertiary/aromatic N) is 2. The second-order valence-electron chi connectivity index (χ2n) is 6.18. The molecule has 0 saturated carbocycles. The van der Waals surface area contributed by atoms with Crippen molar-refractivity contribution in [2.24, 2.45) is 0 Å². The smallest absolute Gasteiger partial charge is 0.155 e. The van der Waals surface area contributed by atoms with Crippen LogP contribution < -0.4 is 0 Å². The monoisotopic (exact) mass is 290 g/mol. The Morgan fingerprint density at radius 3 is 2.10 bits per heavy atom. The fraction of sp³-hybridized carbons (Fsp3) is 0.375. The number of hydrogen-bond acceptors (Lipinski definition) is 2. The maximum absolute atomic E-state index is 11.3. The summed E-state index contributed by atoms with van der Waals surface area (Å²) in [6.45, 7) is 10.1. The van der Waals surface area contributed by atoms with E-state index in [1.165, 1.54) is 0 Å². The number of aryl methyl sites for hydroxylation is 2. The van der Waals surface area contributed by atoms with Crippen LogP contribution >= 0.6 is 11.6 Å². The van der Waals surface area contributed by atoms with Gasteiger partial charge in [0.2, 0.25) is 0 Å². The largest absolute Gasteiger partial charge is 0.298 e. The van der Waals surface area contributed by atoms with Gasteiger partial charge < -0.3 is 0 Å². The van der Waals surface area contributed by atoms with Crippen LogP contribution in [0.25, 0.3) is 5.69 Å². The van der Waals surface area contributed by atoms with Crippen molar-refractivity contribution < 1.29 is 4.79 Å². The van der Waals surface area contributed by atoms with Gasteiger partial charge in [0.15, 0.2) is 6.29 Å². The van der Waals surface area contributed by atoms with E-state index in [1.54, 1.807) is 4.68 Å². The van der Waals surface area contributed by atoms with Crippen molar-refractivity contribution in [3.8, 4) is 5.69 Å². The van der Waals surface area contributed by atoms with Crippen LogP contribution in [-0.4, -0.2) is 16.1 Å². The zero-order chi connectivity index (χ0) is 15.1. The highest BCUT2D eigenvalue weighted by atomic mass is 35.5. The molecule has 0 radical (unpaired) electrons. The van der Waals surface area contributed by atoms with Gasteiger partial charge in [-0.3, -0.25) is 4.79 Å². The Morgan fingerprint density at radius 2 is 1.70 bits per heavy atom. The molecular weight excluding hydrogens is 272 g/mol. The molecule has 1 heterocycles. The van der Waals surface area contributed by atoms with E-state index in [0.29, 0.717) is 10.7 Å². The molecule has 0 unspecified atom stereocenters. The highest BCUT2D eigenvalue weighted by molar-refractivity contribution is 6.32. The average molecular weight is 291 g/mol. The first-order valence-corrected chi connectivity index (χ1v) is 6.94. The normalized spacial score (nSPS) is 11.7. The Kier molecular flexibility index (Phi) is 3.74. The number of benzene rings is 1. The lowest BCUT2D eigenvalue weighted by Crippen LogP contribution is -2.14. The topological polar surface area (TPSA) is 34.9 Å². The molecule has 106 valence electrons. The predicted molar refractivity (Wildman–Crippen MR) is 82.1 cm³/mol. The van der Waals surface area contributed by atoms with Gasteiger partial charge in [0, 0.05) is 5.41 Å². The molecule has 0 N–H and O–H groups in total. The maximum atomic E-state index is 11.3. The molecule has 0 aliphatic rings. The van der Waals surface area contributed by atoms with Gasteiger partial charge in [-0.2, -0.15) is 5.10 Å². The fourth-order valence-corrected chi connectivity index (χ4v) is 2.58. The molecule has 0 fully saturated rings. The van der Waals surface area contributed by atoms with E-state index in [-0.39, 0.29) is 5.41 Å². The van der Waals surface area contributed by atoms with Crippen LogP contribution in [0.3, 0.4) is 0 Å². The van der Waals surface area contributed by atoms with Crippen molar-refractivity contribution in [1.82, 2.24) is 9.78 Å². The molecule has 0 atom stereocenters. The molecule has 20 heavy (non-hydrogen) atoms. The zero-order valence-corrected chi connectivity index (χ0v) is 13.2. The molecule has 0 aliphatic heterocycles. The Balaban J connectivity index is 2.69. The minimum absolute atomic E-state index is 0.232. The minimum Gasteiger partial charge on any atom is -0.298 e. The van der Waals surface area contributed by atoms with Gasteiger partial charge in [-0.1, -0.05) is 38.4 Å². The van der Waals surface area contributed by atoms with E-state index >= 15 is 0 Å². The van der Waals surface area contributed by atoms with Crippen molar-refractivity contribution in [3.63, 3.8) is 0 Å². The molecule has 0 saturated heterocycles. The number of halogens is 1. The van der Waals surface area contributed by atoms with Gasteiger partial charge in [0.1, 0.15) is 5.15 Å². The van der Waals surface area contributed by atoms with Crippen molar-refractivity contribution >= 4 is 17.9 Å². The van der Waals surface area contributed by atoms with Gasteiger partial charge in [0.05, 0.1) is 16.9 Å². The number of aromatic nitrogens is 2. The van der Waals surface area contributed by atoms with E-state index in [0.717, 1.165) is 28.8 Å². The van der Waals surface area contributed by atoms with Crippen LogP contribution in [0.5, 0.6) is 0 Å². The van der Waals surface area contributed by atoms with E-state index in [1.807, 2.05) is 46.8 Å². The lowest BCUT2D eigenvalue weighted by molar-refractivity contribution is 0.112. The number of hydrogen-bond donors (Lipinski definition) is 0. The van der Waals surface area contributed by atoms with Crippen LogP contribution in [0.15, 0.2) is 18.2 Å². The summed E-state index contributed by atoms with van der Waals surface area (Å²) in [5.41, 5.74) is 4.11. The number of rotatable bonds is 2. The quantitative estimate of drug-likeness (QED) is 0.775. The summed E-state index contributed by atoms with van der Waals surface area (Å²) in [5.74, 6) is 0.